The van der Waals surface area contributed by atoms with Crippen molar-refractivity contribution in [2.24, 2.45) is 0 Å². The molecular formula is C47H64BF2N9NaO2. The molecule has 0 aliphatic heterocycles. The summed E-state index contributed by atoms with van der Waals surface area (Å²) in [5.41, 5.74) is 9.78. The first-order chi connectivity index (χ1) is 27.1. The summed E-state index contributed by atoms with van der Waals surface area (Å²) in [4.78, 5) is 20.6. The second kappa shape index (κ2) is 33.2. The number of anilines is 2. The number of aliphatic hydroxyl groups excluding tert-OH is 2. The Kier molecular flexibility index (Phi) is 33.9. The van der Waals surface area contributed by atoms with Gasteiger partial charge in [-0.25, -0.2) is 19.9 Å². The third-order valence-electron chi connectivity index (χ3n) is 8.37. The Morgan fingerprint density at radius 1 is 0.613 bits per heavy atom. The first-order valence-electron chi connectivity index (χ1n) is 17.5. The van der Waals surface area contributed by atoms with Crippen molar-refractivity contribution >= 4 is 53.4 Å². The van der Waals surface area contributed by atoms with Gasteiger partial charge in [0.25, 0.3) is 0 Å². The van der Waals surface area contributed by atoms with Gasteiger partial charge in [-0.2, -0.15) is 0 Å². The number of nitrogens with zero attached hydrogens (tertiary/aromatic N) is 8. The van der Waals surface area contributed by atoms with Crippen molar-refractivity contribution in [1.82, 2.24) is 28.7 Å². The van der Waals surface area contributed by atoms with Crippen LogP contribution in [-0.2, 0) is 0 Å². The van der Waals surface area contributed by atoms with Gasteiger partial charge in [-0.15, -0.1) is 0 Å². The number of aromatic nitrogens is 6. The summed E-state index contributed by atoms with van der Waals surface area (Å²) < 4.78 is 28.6. The topological polar surface area (TPSA) is 140 Å². The maximum atomic E-state index is 12.4. The second-order valence-electron chi connectivity index (χ2n) is 11.7. The monoisotopic (exact) mass is 859 g/mol. The molecule has 0 saturated heterocycles. The number of fused-ring (bicyclic) bond motifs is 6. The van der Waals surface area contributed by atoms with Gasteiger partial charge in [0, 0.05) is 77.7 Å². The Bertz CT molecular complexity index is 2430. The predicted octanol–water partition coefficient (Wildman–Crippen LogP) is 7.78. The van der Waals surface area contributed by atoms with Gasteiger partial charge >= 0.3 is 29.6 Å². The molecule has 4 heterocycles. The van der Waals surface area contributed by atoms with Crippen molar-refractivity contribution in [3.63, 3.8) is 0 Å². The first kappa shape index (κ1) is 63.2. The number of hydrogen-bond acceptors (Lipinski definition) is 9. The molecule has 4 aromatic heterocycles. The summed E-state index contributed by atoms with van der Waals surface area (Å²) in [6.45, 7) is 5.46. The SMILES string of the molecule is C.C.C.C.C.CN(CCCF)c1cccc(-c2ccn3c(n2)nc2ccccc23)c1.CO.CO.FCCCNc1cccc(-c2ccn3c(n2)nc2ccccc23)c1.[B].[C-]#N.[Na+]. The number of nitrogens with one attached hydrogen (secondary N) is 1. The molecule has 0 bridgehead atoms. The average Bonchev–Trinajstić information content (AvgIpc) is 3.83. The van der Waals surface area contributed by atoms with Crippen LogP contribution in [0.3, 0.4) is 0 Å². The Labute approximate surface area is 392 Å². The molecule has 0 spiro atoms. The first-order valence-corrected chi connectivity index (χ1v) is 17.5. The summed E-state index contributed by atoms with van der Waals surface area (Å²) in [5.74, 6) is 1.37. The van der Waals surface area contributed by atoms with Gasteiger partial charge in [0.2, 0.25) is 11.6 Å². The predicted molar refractivity (Wildman–Crippen MR) is 255 cm³/mol. The Hall–Kier alpha value is -5.43. The van der Waals surface area contributed by atoms with E-state index in [0.717, 1.165) is 70.2 Å². The Morgan fingerprint density at radius 3 is 1.55 bits per heavy atom. The quantitative estimate of drug-likeness (QED) is 0.0715. The van der Waals surface area contributed by atoms with E-state index >= 15 is 0 Å². The van der Waals surface area contributed by atoms with Gasteiger partial charge in [-0.05, 0) is 73.5 Å². The van der Waals surface area contributed by atoms with E-state index in [1.54, 1.807) is 0 Å². The van der Waals surface area contributed by atoms with Gasteiger partial charge in [-0.3, -0.25) is 17.6 Å². The van der Waals surface area contributed by atoms with Gasteiger partial charge in [0.1, 0.15) is 0 Å². The second-order valence-corrected chi connectivity index (χ2v) is 11.7. The number of para-hydroxylation sites is 4. The van der Waals surface area contributed by atoms with Crippen LogP contribution in [0, 0.1) is 11.8 Å². The van der Waals surface area contributed by atoms with Crippen LogP contribution in [0.25, 0.3) is 56.1 Å². The largest absolute Gasteiger partial charge is 1.00 e. The van der Waals surface area contributed by atoms with Crippen molar-refractivity contribution in [3.05, 3.63) is 128 Å². The minimum atomic E-state index is -0.307. The number of benzene rings is 4. The van der Waals surface area contributed by atoms with Crippen LogP contribution in [0.2, 0.25) is 0 Å². The number of imidazole rings is 2. The van der Waals surface area contributed by atoms with Crippen LogP contribution < -0.4 is 39.8 Å². The van der Waals surface area contributed by atoms with Crippen molar-refractivity contribution in [1.29, 1.82) is 5.26 Å². The van der Waals surface area contributed by atoms with E-state index in [1.807, 2.05) is 131 Å². The molecule has 8 aromatic rings. The summed E-state index contributed by atoms with van der Waals surface area (Å²) >= 11 is 0. The van der Waals surface area contributed by atoms with E-state index in [4.69, 9.17) is 27.0 Å². The molecule has 4 aromatic carbocycles. The maximum absolute atomic E-state index is 12.4. The number of halogens is 2. The van der Waals surface area contributed by atoms with Crippen LogP contribution >= 0.6 is 0 Å². The molecular weight excluding hydrogens is 794 g/mol. The van der Waals surface area contributed by atoms with Crippen LogP contribution in [0.4, 0.5) is 20.2 Å². The smallest absolute Gasteiger partial charge is 0.512 e. The van der Waals surface area contributed by atoms with Crippen molar-refractivity contribution < 1.29 is 48.6 Å². The van der Waals surface area contributed by atoms with E-state index in [-0.39, 0.29) is 88.5 Å². The van der Waals surface area contributed by atoms with Crippen LogP contribution in [-0.4, -0.2) is 95.1 Å². The van der Waals surface area contributed by atoms with Gasteiger partial charge < -0.3 is 32.3 Å². The standard InChI is InChI=1S/C20H19FN4.C19H17FN4.CN.2CH4O.5CH4.B.Na/c1-24(12-5-11-21)16-7-4-6-15(14-16)17-10-13-25-19-9-3-2-8-18(19)23-20(25)22-17;20-10-4-11-21-15-6-3-5-14(13-15)16-9-12-24-18-8-2-1-7-17(18)23-19(24)22-16;3*1-2;;;;;;;/h2-4,6-10,13-14H,5,11-12H2,1H3;1-3,5-9,12-13,21H,4,10-11H2;;2*2H,1H3;5*1H4;;/q;;-1;;;;;;;;;+1. The molecule has 8 rings (SSSR count). The number of aliphatic hydroxyl groups is 2. The molecule has 0 aliphatic carbocycles. The molecule has 0 saturated carbocycles. The number of hydrogen-bond donors (Lipinski definition) is 3. The van der Waals surface area contributed by atoms with Crippen LogP contribution in [0.15, 0.2) is 122 Å². The van der Waals surface area contributed by atoms with Crippen LogP contribution in [0.5, 0.6) is 0 Å². The van der Waals surface area contributed by atoms with Crippen LogP contribution in [0.1, 0.15) is 50.0 Å². The summed E-state index contributed by atoms with van der Waals surface area (Å²) in [6, 6.07) is 36.1. The summed E-state index contributed by atoms with van der Waals surface area (Å²) in [7, 11) is 3.98. The molecule has 0 atom stereocenters. The molecule has 62 heavy (non-hydrogen) atoms. The van der Waals surface area contributed by atoms with E-state index in [1.165, 1.54) is 0 Å². The van der Waals surface area contributed by atoms with E-state index < -0.39 is 0 Å². The fourth-order valence-corrected chi connectivity index (χ4v) is 5.83. The summed E-state index contributed by atoms with van der Waals surface area (Å²) in [5, 5.41) is 23.5. The molecule has 0 amide bonds. The fraction of sp³-hybridized carbons (Fsp3) is 0.298. The van der Waals surface area contributed by atoms with Gasteiger partial charge in [0.15, 0.2) is 0 Å². The Morgan fingerprint density at radius 2 is 1.06 bits per heavy atom. The van der Waals surface area contributed by atoms with E-state index in [9.17, 15) is 8.78 Å². The van der Waals surface area contributed by atoms with E-state index in [2.05, 4.69) is 31.2 Å². The third-order valence-corrected chi connectivity index (χ3v) is 8.37. The molecule has 327 valence electrons. The van der Waals surface area contributed by atoms with Crippen molar-refractivity contribution in [2.75, 3.05) is 57.9 Å². The normalized spacial score (nSPS) is 9.11. The molecule has 11 nitrogen and oxygen atoms in total. The summed E-state index contributed by atoms with van der Waals surface area (Å²) in [6.07, 6.45) is 5.05. The molecule has 0 aliphatic rings. The van der Waals surface area contributed by atoms with Gasteiger partial charge in [0.05, 0.1) is 46.8 Å². The molecule has 0 unspecified atom stereocenters. The minimum absolute atomic E-state index is 0. The maximum Gasteiger partial charge on any atom is 1.00 e. The average molecular weight is 859 g/mol. The fourth-order valence-electron chi connectivity index (χ4n) is 5.83. The zero-order chi connectivity index (χ0) is 39.6. The zero-order valence-electron chi connectivity index (χ0n) is 32.6. The molecule has 3 radical (unpaired) electrons. The van der Waals surface area contributed by atoms with Crippen molar-refractivity contribution in [2.45, 2.75) is 50.0 Å². The minimum Gasteiger partial charge on any atom is -0.512 e. The Balaban J connectivity index is -0.000000440. The number of alkyl halides is 2. The molecule has 15 heteroatoms. The van der Waals surface area contributed by atoms with E-state index in [0.29, 0.717) is 37.5 Å². The molecule has 0 fully saturated rings. The zero-order valence-corrected chi connectivity index (χ0v) is 34.6. The number of rotatable bonds is 10. The third kappa shape index (κ3) is 15.8. The molecule has 3 N–H and O–H groups in total. The van der Waals surface area contributed by atoms with Crippen molar-refractivity contribution in [3.8, 4) is 22.5 Å². The van der Waals surface area contributed by atoms with Gasteiger partial charge in [-0.1, -0.05) is 85.7 Å².